The van der Waals surface area contributed by atoms with E-state index in [0.717, 1.165) is 5.56 Å². The van der Waals surface area contributed by atoms with Crippen molar-refractivity contribution in [2.75, 3.05) is 0 Å². The summed E-state index contributed by atoms with van der Waals surface area (Å²) in [6.07, 6.45) is 2.05. The Balaban J connectivity index is 2.33. The first-order chi connectivity index (χ1) is 6.77. The minimum absolute atomic E-state index is 0.505. The van der Waals surface area contributed by atoms with E-state index >= 15 is 0 Å². The molecular weight excluding hydrogens is 223 g/mol. The molecule has 0 N–H and O–H groups in total. The van der Waals surface area contributed by atoms with Gasteiger partial charge in [-0.1, -0.05) is 29.3 Å². The molecule has 0 spiro atoms. The first kappa shape index (κ1) is 9.49. The molecule has 0 unspecified atom stereocenters. The highest BCUT2D eigenvalue weighted by molar-refractivity contribution is 6.36. The van der Waals surface area contributed by atoms with Crippen LogP contribution in [0.1, 0.15) is 11.3 Å². The van der Waals surface area contributed by atoms with Gasteiger partial charge in [0, 0.05) is 21.7 Å². The summed E-state index contributed by atoms with van der Waals surface area (Å²) >= 11 is 12.0. The van der Waals surface area contributed by atoms with Gasteiger partial charge in [0.2, 0.25) is 0 Å². The van der Waals surface area contributed by atoms with Gasteiger partial charge in [-0.05, 0) is 17.7 Å². The molecule has 0 fully saturated rings. The Morgan fingerprint density at radius 3 is 2.50 bits per heavy atom. The first-order valence-electron chi connectivity index (χ1n) is 3.96. The number of hydrogen-bond acceptors (Lipinski definition) is 3. The van der Waals surface area contributed by atoms with Gasteiger partial charge in [-0.2, -0.15) is 0 Å². The second kappa shape index (κ2) is 3.98. The van der Waals surface area contributed by atoms with Crippen LogP contribution in [0.4, 0.5) is 0 Å². The molecule has 2 aromatic rings. The molecule has 3 nitrogen and oxygen atoms in total. The van der Waals surface area contributed by atoms with E-state index in [9.17, 15) is 0 Å². The Labute approximate surface area is 90.6 Å². The van der Waals surface area contributed by atoms with Gasteiger partial charge in [-0.25, -0.2) is 0 Å². The molecule has 0 radical (unpaired) electrons. The van der Waals surface area contributed by atoms with E-state index in [1.165, 1.54) is 0 Å². The van der Waals surface area contributed by atoms with Crippen LogP contribution in [-0.2, 0) is 6.42 Å². The third kappa shape index (κ3) is 1.89. The Morgan fingerprint density at radius 1 is 1.21 bits per heavy atom. The summed E-state index contributed by atoms with van der Waals surface area (Å²) in [4.78, 5) is 0. The van der Waals surface area contributed by atoms with E-state index < -0.39 is 0 Å². The van der Waals surface area contributed by atoms with E-state index in [0.29, 0.717) is 22.2 Å². The van der Waals surface area contributed by atoms with Crippen molar-refractivity contribution >= 4 is 23.2 Å². The maximum atomic E-state index is 5.98. The molecule has 72 valence electrons. The highest BCUT2D eigenvalue weighted by Gasteiger charge is 2.08. The van der Waals surface area contributed by atoms with E-state index in [1.807, 2.05) is 0 Å². The topological polar surface area (TPSA) is 38.9 Å². The monoisotopic (exact) mass is 228 g/mol. The molecular formula is C9H6Cl2N2O. The summed E-state index contributed by atoms with van der Waals surface area (Å²) < 4.78 is 4.87. The summed E-state index contributed by atoms with van der Waals surface area (Å²) in [5.41, 5.74) is 0.828. The van der Waals surface area contributed by atoms with E-state index in [4.69, 9.17) is 27.7 Å². The molecule has 14 heavy (non-hydrogen) atoms. The van der Waals surface area contributed by atoms with Gasteiger partial charge >= 0.3 is 0 Å². The largest absolute Gasteiger partial charge is 0.342 e. The zero-order valence-electron chi connectivity index (χ0n) is 7.08. The van der Waals surface area contributed by atoms with E-state index in [-0.39, 0.29) is 0 Å². The number of rotatable bonds is 2. The third-order valence-corrected chi connectivity index (χ3v) is 2.53. The van der Waals surface area contributed by atoms with Crippen molar-refractivity contribution < 1.29 is 4.52 Å². The van der Waals surface area contributed by atoms with Gasteiger partial charge in [0.05, 0.1) is 6.20 Å². The minimum Gasteiger partial charge on any atom is -0.342 e. The number of halogens is 2. The van der Waals surface area contributed by atoms with Crippen LogP contribution in [0.3, 0.4) is 0 Å². The lowest BCUT2D eigenvalue weighted by molar-refractivity contribution is 0.367. The molecule has 0 atom stereocenters. The maximum absolute atomic E-state index is 5.98. The summed E-state index contributed by atoms with van der Waals surface area (Å²) in [5.74, 6) is 0.639. The number of hydrogen-bond donors (Lipinski definition) is 0. The molecule has 1 aromatic carbocycles. The maximum Gasteiger partial charge on any atom is 0.161 e. The number of nitrogens with zero attached hydrogens (tertiary/aromatic N) is 2. The molecule has 1 aromatic heterocycles. The van der Waals surface area contributed by atoms with Crippen molar-refractivity contribution in [2.45, 2.75) is 6.42 Å². The second-order valence-corrected chi connectivity index (χ2v) is 3.58. The summed E-state index contributed by atoms with van der Waals surface area (Å²) in [7, 11) is 0. The van der Waals surface area contributed by atoms with Gasteiger partial charge in [-0.3, -0.25) is 0 Å². The lowest BCUT2D eigenvalue weighted by Crippen LogP contribution is -1.88. The zero-order valence-corrected chi connectivity index (χ0v) is 8.59. The molecule has 0 bridgehead atoms. The Bertz CT molecular complexity index is 408. The highest BCUT2D eigenvalue weighted by Crippen LogP contribution is 2.26. The van der Waals surface area contributed by atoms with Crippen molar-refractivity contribution in [3.05, 3.63) is 45.8 Å². The fourth-order valence-electron chi connectivity index (χ4n) is 1.14. The van der Waals surface area contributed by atoms with Crippen LogP contribution < -0.4 is 0 Å². The van der Waals surface area contributed by atoms with Crippen molar-refractivity contribution in [1.29, 1.82) is 0 Å². The van der Waals surface area contributed by atoms with Crippen molar-refractivity contribution in [3.8, 4) is 0 Å². The predicted molar refractivity (Wildman–Crippen MR) is 53.6 cm³/mol. The van der Waals surface area contributed by atoms with Crippen molar-refractivity contribution in [2.24, 2.45) is 0 Å². The lowest BCUT2D eigenvalue weighted by Gasteiger charge is -2.02. The summed E-state index contributed by atoms with van der Waals surface area (Å²) in [6, 6.07) is 5.37. The molecule has 0 aliphatic carbocycles. The fraction of sp³-hybridized carbons (Fsp3) is 0.111. The normalized spacial score (nSPS) is 10.4. The molecule has 0 aliphatic rings. The van der Waals surface area contributed by atoms with Crippen LogP contribution in [0.15, 0.2) is 28.9 Å². The molecule has 0 amide bonds. The molecule has 0 saturated carbocycles. The molecule has 1 heterocycles. The van der Waals surface area contributed by atoms with Crippen LogP contribution in [0, 0.1) is 0 Å². The quantitative estimate of drug-likeness (QED) is 0.794. The fourth-order valence-corrected chi connectivity index (χ4v) is 1.67. The summed E-state index contributed by atoms with van der Waals surface area (Å²) in [6.45, 7) is 0. The molecule has 2 rings (SSSR count). The average Bonchev–Trinajstić information content (AvgIpc) is 2.64. The molecule has 0 saturated heterocycles. The van der Waals surface area contributed by atoms with Crippen LogP contribution in [0.2, 0.25) is 10.0 Å². The van der Waals surface area contributed by atoms with Crippen LogP contribution in [-0.4, -0.2) is 10.4 Å². The van der Waals surface area contributed by atoms with E-state index in [1.54, 1.807) is 24.4 Å². The van der Waals surface area contributed by atoms with Crippen LogP contribution in [0.25, 0.3) is 0 Å². The van der Waals surface area contributed by atoms with Crippen LogP contribution in [0.5, 0.6) is 0 Å². The highest BCUT2D eigenvalue weighted by atomic mass is 35.5. The zero-order chi connectivity index (χ0) is 9.97. The Hall–Kier alpha value is -1.06. The second-order valence-electron chi connectivity index (χ2n) is 2.76. The van der Waals surface area contributed by atoms with Gasteiger partial charge in [0.1, 0.15) is 0 Å². The SMILES string of the molecule is Clc1cccc(Cl)c1Cc1cnno1. The lowest BCUT2D eigenvalue weighted by atomic mass is 10.1. The number of benzene rings is 1. The van der Waals surface area contributed by atoms with Gasteiger partial charge in [0.25, 0.3) is 0 Å². The van der Waals surface area contributed by atoms with Crippen molar-refractivity contribution in [1.82, 2.24) is 10.4 Å². The van der Waals surface area contributed by atoms with Crippen molar-refractivity contribution in [3.63, 3.8) is 0 Å². The van der Waals surface area contributed by atoms with Gasteiger partial charge in [-0.15, -0.1) is 5.10 Å². The third-order valence-electron chi connectivity index (χ3n) is 1.82. The van der Waals surface area contributed by atoms with Gasteiger partial charge in [0.15, 0.2) is 5.76 Å². The molecule has 0 aliphatic heterocycles. The predicted octanol–water partition coefficient (Wildman–Crippen LogP) is 2.97. The smallest absolute Gasteiger partial charge is 0.161 e. The average molecular weight is 229 g/mol. The number of aromatic nitrogens is 2. The Morgan fingerprint density at radius 2 is 1.93 bits per heavy atom. The standard InChI is InChI=1S/C9H6Cl2N2O/c10-8-2-1-3-9(11)7(8)4-6-5-12-13-14-6/h1-3,5H,4H2. The van der Waals surface area contributed by atoms with E-state index in [2.05, 4.69) is 10.4 Å². The van der Waals surface area contributed by atoms with Gasteiger partial charge < -0.3 is 4.52 Å². The summed E-state index contributed by atoms with van der Waals surface area (Å²) in [5, 5.41) is 8.18. The van der Waals surface area contributed by atoms with Crippen LogP contribution >= 0.6 is 23.2 Å². The minimum atomic E-state index is 0.505. The Kier molecular flexibility index (Phi) is 2.70. The molecule has 5 heteroatoms. The first-order valence-corrected chi connectivity index (χ1v) is 4.72.